The highest BCUT2D eigenvalue weighted by Crippen LogP contribution is 2.18. The van der Waals surface area contributed by atoms with Gasteiger partial charge in [0.1, 0.15) is 0 Å². The van der Waals surface area contributed by atoms with E-state index in [4.69, 9.17) is 4.74 Å². The molecular formula is C18H32N2O2. The van der Waals surface area contributed by atoms with Gasteiger partial charge in [0.25, 0.3) is 0 Å². The summed E-state index contributed by atoms with van der Waals surface area (Å²) in [5.74, 6) is 0.455. The van der Waals surface area contributed by atoms with Crippen LogP contribution in [-0.4, -0.2) is 35.6 Å². The molecule has 0 aliphatic heterocycles. The Bertz CT molecular complexity index is 428. The number of hydrogen-bond acceptors (Lipinski definition) is 2. The molecule has 4 nitrogen and oxygen atoms in total. The molecule has 0 bridgehead atoms. The van der Waals surface area contributed by atoms with Crippen LogP contribution in [0.4, 0.5) is 0 Å². The lowest BCUT2D eigenvalue weighted by atomic mass is 9.97. The number of hydrogen-bond donors (Lipinski definition) is 0. The Morgan fingerprint density at radius 2 is 2.14 bits per heavy atom. The van der Waals surface area contributed by atoms with E-state index < -0.39 is 0 Å². The molecule has 0 N–H and O–H groups in total. The first kappa shape index (κ1) is 18.8. The van der Waals surface area contributed by atoms with Gasteiger partial charge in [-0.1, -0.05) is 26.7 Å². The molecule has 1 atom stereocenters. The van der Waals surface area contributed by atoms with Crippen molar-refractivity contribution in [2.75, 3.05) is 20.3 Å². The van der Waals surface area contributed by atoms with Crippen molar-refractivity contribution < 1.29 is 9.53 Å². The molecule has 1 unspecified atom stereocenters. The van der Waals surface area contributed by atoms with Crippen LogP contribution in [-0.2, 0) is 23.1 Å². The highest BCUT2D eigenvalue weighted by molar-refractivity contribution is 5.78. The van der Waals surface area contributed by atoms with Crippen molar-refractivity contribution in [3.8, 4) is 0 Å². The molecule has 0 saturated carbocycles. The number of rotatable bonds is 11. The molecule has 1 heterocycles. The highest BCUT2D eigenvalue weighted by atomic mass is 16.5. The quantitative estimate of drug-likeness (QED) is 0.585. The van der Waals surface area contributed by atoms with E-state index in [1.54, 1.807) is 7.11 Å². The minimum atomic E-state index is 0.155. The van der Waals surface area contributed by atoms with Gasteiger partial charge >= 0.3 is 0 Å². The van der Waals surface area contributed by atoms with Crippen LogP contribution in [0.3, 0.4) is 0 Å². The lowest BCUT2D eigenvalue weighted by molar-refractivity contribution is -0.136. The molecule has 1 rings (SSSR count). The Labute approximate surface area is 135 Å². The second kappa shape index (κ2) is 10.4. The van der Waals surface area contributed by atoms with Gasteiger partial charge in [0.05, 0.1) is 6.54 Å². The van der Waals surface area contributed by atoms with Gasteiger partial charge in [-0.15, -0.1) is 0 Å². The van der Waals surface area contributed by atoms with Crippen molar-refractivity contribution in [3.63, 3.8) is 0 Å². The van der Waals surface area contributed by atoms with Gasteiger partial charge in [0.15, 0.2) is 0 Å². The van der Waals surface area contributed by atoms with Gasteiger partial charge in [0, 0.05) is 45.1 Å². The van der Waals surface area contributed by atoms with Crippen LogP contribution in [0.25, 0.3) is 0 Å². The first-order chi connectivity index (χ1) is 10.6. The molecule has 0 aliphatic carbocycles. The minimum Gasteiger partial charge on any atom is -0.385 e. The minimum absolute atomic E-state index is 0.155. The number of carbonyl (C=O) groups is 1. The van der Waals surface area contributed by atoms with E-state index in [-0.39, 0.29) is 5.92 Å². The normalized spacial score (nSPS) is 12.4. The molecule has 126 valence electrons. The lowest BCUT2D eigenvalue weighted by Gasteiger charge is -2.27. The van der Waals surface area contributed by atoms with Crippen molar-refractivity contribution in [1.82, 2.24) is 9.47 Å². The van der Waals surface area contributed by atoms with E-state index in [0.29, 0.717) is 19.1 Å². The smallest absolute Gasteiger partial charge is 0.226 e. The second-order valence-electron chi connectivity index (χ2n) is 5.96. The third kappa shape index (κ3) is 5.84. The monoisotopic (exact) mass is 308 g/mol. The van der Waals surface area contributed by atoms with Crippen LogP contribution in [0.2, 0.25) is 0 Å². The molecule has 0 saturated heterocycles. The summed E-state index contributed by atoms with van der Waals surface area (Å²) < 4.78 is 7.23. The maximum atomic E-state index is 12.9. The molecule has 0 spiro atoms. The lowest BCUT2D eigenvalue weighted by Crippen LogP contribution is -2.37. The number of nitrogens with zero attached hydrogens (tertiary/aromatic N) is 2. The molecule has 1 aromatic heterocycles. The van der Waals surface area contributed by atoms with E-state index in [9.17, 15) is 4.79 Å². The fourth-order valence-electron chi connectivity index (χ4n) is 2.73. The highest BCUT2D eigenvalue weighted by Gasteiger charge is 2.22. The van der Waals surface area contributed by atoms with Gasteiger partial charge in [-0.25, -0.2) is 0 Å². The third-order valence-electron chi connectivity index (χ3n) is 4.24. The summed E-state index contributed by atoms with van der Waals surface area (Å²) in [6, 6.07) is 4.12. The molecular weight excluding hydrogens is 276 g/mol. The van der Waals surface area contributed by atoms with Crippen LogP contribution in [0, 0.1) is 5.92 Å². The van der Waals surface area contributed by atoms with Gasteiger partial charge in [-0.05, 0) is 31.4 Å². The fourth-order valence-corrected chi connectivity index (χ4v) is 2.73. The molecule has 0 fully saturated rings. The SMILES string of the molecule is CCCCC(CC)C(=O)N(CCCOC)Cc1cccn1C. The van der Waals surface area contributed by atoms with Crippen LogP contribution < -0.4 is 0 Å². The van der Waals surface area contributed by atoms with Gasteiger partial charge in [0.2, 0.25) is 5.91 Å². The Morgan fingerprint density at radius 3 is 2.68 bits per heavy atom. The second-order valence-corrected chi connectivity index (χ2v) is 5.96. The zero-order chi connectivity index (χ0) is 16.4. The van der Waals surface area contributed by atoms with E-state index >= 15 is 0 Å². The van der Waals surface area contributed by atoms with Crippen LogP contribution >= 0.6 is 0 Å². The van der Waals surface area contributed by atoms with Crippen molar-refractivity contribution >= 4 is 5.91 Å². The molecule has 0 aromatic carbocycles. The molecule has 22 heavy (non-hydrogen) atoms. The average Bonchev–Trinajstić information content (AvgIpc) is 2.92. The van der Waals surface area contributed by atoms with Gasteiger partial charge < -0.3 is 14.2 Å². The van der Waals surface area contributed by atoms with Crippen molar-refractivity contribution in [2.24, 2.45) is 13.0 Å². The Hall–Kier alpha value is -1.29. The largest absolute Gasteiger partial charge is 0.385 e. The topological polar surface area (TPSA) is 34.5 Å². The molecule has 4 heteroatoms. The van der Waals surface area contributed by atoms with Crippen LogP contribution in [0.1, 0.15) is 51.6 Å². The first-order valence-electron chi connectivity index (χ1n) is 8.51. The number of carbonyl (C=O) groups excluding carboxylic acids is 1. The summed E-state index contributed by atoms with van der Waals surface area (Å²) in [4.78, 5) is 14.9. The van der Waals surface area contributed by atoms with Gasteiger partial charge in [-0.2, -0.15) is 0 Å². The molecule has 0 aliphatic rings. The summed E-state index contributed by atoms with van der Waals surface area (Å²) in [6.07, 6.45) is 7.11. The molecule has 1 aromatic rings. The third-order valence-corrected chi connectivity index (χ3v) is 4.24. The summed E-state index contributed by atoms with van der Waals surface area (Å²) in [7, 11) is 3.74. The molecule has 1 amide bonds. The van der Waals surface area contributed by atoms with Crippen molar-refractivity contribution in [3.05, 3.63) is 24.0 Å². The number of aromatic nitrogens is 1. The number of aryl methyl sites for hydroxylation is 1. The fraction of sp³-hybridized carbons (Fsp3) is 0.722. The summed E-state index contributed by atoms with van der Waals surface area (Å²) in [5.41, 5.74) is 1.18. The predicted octanol–water partition coefficient (Wildman–Crippen LogP) is 3.61. The summed E-state index contributed by atoms with van der Waals surface area (Å²) in [6.45, 7) is 6.45. The maximum Gasteiger partial charge on any atom is 0.226 e. The number of amides is 1. The number of methoxy groups -OCH3 is 1. The van der Waals surface area contributed by atoms with E-state index in [2.05, 4.69) is 24.5 Å². The van der Waals surface area contributed by atoms with Crippen LogP contribution in [0.15, 0.2) is 18.3 Å². The van der Waals surface area contributed by atoms with E-state index in [1.807, 2.05) is 24.2 Å². The Morgan fingerprint density at radius 1 is 1.36 bits per heavy atom. The van der Waals surface area contributed by atoms with E-state index in [0.717, 1.165) is 38.6 Å². The Balaban J connectivity index is 2.74. The average molecular weight is 308 g/mol. The predicted molar refractivity (Wildman–Crippen MR) is 90.6 cm³/mol. The van der Waals surface area contributed by atoms with Crippen molar-refractivity contribution in [1.29, 1.82) is 0 Å². The Kier molecular flexibility index (Phi) is 8.90. The molecule has 0 radical (unpaired) electrons. The zero-order valence-electron chi connectivity index (χ0n) is 14.7. The summed E-state index contributed by atoms with van der Waals surface area (Å²) >= 11 is 0. The van der Waals surface area contributed by atoms with Crippen molar-refractivity contribution in [2.45, 2.75) is 52.5 Å². The standard InChI is InChI=1S/C18H32N2O2/c1-5-7-10-16(6-2)18(21)20(13-9-14-22-4)15-17-11-8-12-19(17)3/h8,11-12,16H,5-7,9-10,13-15H2,1-4H3. The van der Waals surface area contributed by atoms with Crippen LogP contribution in [0.5, 0.6) is 0 Å². The zero-order valence-corrected chi connectivity index (χ0v) is 14.7. The number of ether oxygens (including phenoxy) is 1. The number of unbranched alkanes of at least 4 members (excludes halogenated alkanes) is 1. The maximum absolute atomic E-state index is 12.9. The van der Waals surface area contributed by atoms with Gasteiger partial charge in [-0.3, -0.25) is 4.79 Å². The first-order valence-corrected chi connectivity index (χ1v) is 8.51. The summed E-state index contributed by atoms with van der Waals surface area (Å²) in [5, 5.41) is 0. The van der Waals surface area contributed by atoms with E-state index in [1.165, 1.54) is 5.69 Å².